The Labute approximate surface area is 115 Å². The predicted molar refractivity (Wildman–Crippen MR) is 74.0 cm³/mol. The standard InChI is InChI=1S/C14H16BrNO2/c1-10(16)14(12-6-2-3-7-13(12)15)18-9-11-5-4-8-17-11/h2-8,10,14H,9,16H2,1H3. The summed E-state index contributed by atoms with van der Waals surface area (Å²) in [5.41, 5.74) is 7.06. The van der Waals surface area contributed by atoms with E-state index in [1.54, 1.807) is 6.26 Å². The lowest BCUT2D eigenvalue weighted by Gasteiger charge is -2.22. The zero-order chi connectivity index (χ0) is 13.0. The van der Waals surface area contributed by atoms with Crippen LogP contribution in [0.3, 0.4) is 0 Å². The van der Waals surface area contributed by atoms with Gasteiger partial charge in [-0.15, -0.1) is 0 Å². The number of furan rings is 1. The molecule has 0 bridgehead atoms. The molecule has 0 fully saturated rings. The van der Waals surface area contributed by atoms with E-state index >= 15 is 0 Å². The van der Waals surface area contributed by atoms with E-state index in [9.17, 15) is 0 Å². The molecular formula is C14H16BrNO2. The number of nitrogens with two attached hydrogens (primary N) is 1. The molecule has 0 spiro atoms. The lowest BCUT2D eigenvalue weighted by Crippen LogP contribution is -2.27. The molecule has 1 aromatic carbocycles. The van der Waals surface area contributed by atoms with Crippen LogP contribution < -0.4 is 5.73 Å². The van der Waals surface area contributed by atoms with E-state index in [0.29, 0.717) is 6.61 Å². The molecule has 4 heteroatoms. The van der Waals surface area contributed by atoms with Crippen molar-refractivity contribution in [3.63, 3.8) is 0 Å². The maximum Gasteiger partial charge on any atom is 0.129 e. The molecule has 2 unspecified atom stereocenters. The molecule has 2 atom stereocenters. The minimum absolute atomic E-state index is 0.0985. The van der Waals surface area contributed by atoms with Gasteiger partial charge in [0.2, 0.25) is 0 Å². The monoisotopic (exact) mass is 309 g/mol. The van der Waals surface area contributed by atoms with Gasteiger partial charge in [-0.25, -0.2) is 0 Å². The molecule has 18 heavy (non-hydrogen) atoms. The third kappa shape index (κ3) is 3.22. The smallest absolute Gasteiger partial charge is 0.129 e. The number of hydrogen-bond acceptors (Lipinski definition) is 3. The van der Waals surface area contributed by atoms with Crippen molar-refractivity contribution in [1.29, 1.82) is 0 Å². The first-order valence-electron chi connectivity index (χ1n) is 5.82. The summed E-state index contributed by atoms with van der Waals surface area (Å²) in [6.07, 6.45) is 1.48. The number of halogens is 1. The molecule has 0 saturated heterocycles. The molecule has 1 aromatic heterocycles. The van der Waals surface area contributed by atoms with Crippen molar-refractivity contribution in [3.8, 4) is 0 Å². The summed E-state index contributed by atoms with van der Waals surface area (Å²) in [7, 11) is 0. The van der Waals surface area contributed by atoms with Crippen LogP contribution in [-0.2, 0) is 11.3 Å². The van der Waals surface area contributed by atoms with Crippen LogP contribution in [0.5, 0.6) is 0 Å². The highest BCUT2D eigenvalue weighted by Gasteiger charge is 2.19. The summed E-state index contributed by atoms with van der Waals surface area (Å²) >= 11 is 3.52. The first kappa shape index (κ1) is 13.3. The highest BCUT2D eigenvalue weighted by atomic mass is 79.9. The minimum Gasteiger partial charge on any atom is -0.467 e. The van der Waals surface area contributed by atoms with Crippen LogP contribution in [0.2, 0.25) is 0 Å². The number of rotatable bonds is 5. The van der Waals surface area contributed by atoms with Crippen LogP contribution >= 0.6 is 15.9 Å². The highest BCUT2D eigenvalue weighted by molar-refractivity contribution is 9.10. The van der Waals surface area contributed by atoms with Gasteiger partial charge in [-0.1, -0.05) is 34.1 Å². The van der Waals surface area contributed by atoms with E-state index in [1.807, 2.05) is 43.3 Å². The second-order valence-corrected chi connectivity index (χ2v) is 5.05. The zero-order valence-electron chi connectivity index (χ0n) is 10.2. The molecule has 0 aliphatic heterocycles. The van der Waals surface area contributed by atoms with Gasteiger partial charge in [0, 0.05) is 10.5 Å². The number of benzene rings is 1. The second-order valence-electron chi connectivity index (χ2n) is 4.19. The summed E-state index contributed by atoms with van der Waals surface area (Å²) in [4.78, 5) is 0. The van der Waals surface area contributed by atoms with Crippen molar-refractivity contribution in [3.05, 3.63) is 58.5 Å². The van der Waals surface area contributed by atoms with Crippen molar-refractivity contribution in [2.45, 2.75) is 25.7 Å². The molecule has 96 valence electrons. The van der Waals surface area contributed by atoms with E-state index in [0.717, 1.165) is 15.8 Å². The van der Waals surface area contributed by atoms with Gasteiger partial charge in [0.1, 0.15) is 12.4 Å². The largest absolute Gasteiger partial charge is 0.467 e. The summed E-state index contributed by atoms with van der Waals surface area (Å²) in [6.45, 7) is 2.35. The van der Waals surface area contributed by atoms with Crippen molar-refractivity contribution in [1.82, 2.24) is 0 Å². The van der Waals surface area contributed by atoms with E-state index in [-0.39, 0.29) is 12.1 Å². The Balaban J connectivity index is 2.11. The first-order valence-corrected chi connectivity index (χ1v) is 6.62. The highest BCUT2D eigenvalue weighted by Crippen LogP contribution is 2.28. The van der Waals surface area contributed by atoms with Gasteiger partial charge >= 0.3 is 0 Å². The topological polar surface area (TPSA) is 48.4 Å². The maximum atomic E-state index is 6.00. The normalized spacial score (nSPS) is 14.4. The van der Waals surface area contributed by atoms with Crippen LogP contribution in [0, 0.1) is 0 Å². The van der Waals surface area contributed by atoms with Gasteiger partial charge in [0.05, 0.1) is 12.4 Å². The fourth-order valence-electron chi connectivity index (χ4n) is 1.80. The Hall–Kier alpha value is -1.10. The SMILES string of the molecule is CC(N)C(OCc1ccco1)c1ccccc1Br. The van der Waals surface area contributed by atoms with Crippen LogP contribution in [0.4, 0.5) is 0 Å². The Morgan fingerprint density at radius 3 is 2.67 bits per heavy atom. The van der Waals surface area contributed by atoms with Crippen molar-refractivity contribution >= 4 is 15.9 Å². The number of ether oxygens (including phenoxy) is 1. The van der Waals surface area contributed by atoms with Crippen LogP contribution in [-0.4, -0.2) is 6.04 Å². The zero-order valence-corrected chi connectivity index (χ0v) is 11.8. The second kappa shape index (κ2) is 6.18. The van der Waals surface area contributed by atoms with Crippen molar-refractivity contribution in [2.75, 3.05) is 0 Å². The first-order chi connectivity index (χ1) is 8.68. The van der Waals surface area contributed by atoms with Gasteiger partial charge in [-0.3, -0.25) is 0 Å². The van der Waals surface area contributed by atoms with Gasteiger partial charge in [-0.2, -0.15) is 0 Å². The van der Waals surface area contributed by atoms with E-state index in [2.05, 4.69) is 15.9 Å². The summed E-state index contributed by atoms with van der Waals surface area (Å²) in [6, 6.07) is 11.6. The molecule has 0 aliphatic carbocycles. The van der Waals surface area contributed by atoms with Crippen molar-refractivity contribution < 1.29 is 9.15 Å². The summed E-state index contributed by atoms with van der Waals surface area (Å²) < 4.78 is 12.1. The molecule has 0 radical (unpaired) electrons. The van der Waals surface area contributed by atoms with Crippen molar-refractivity contribution in [2.24, 2.45) is 5.73 Å². The number of hydrogen-bond donors (Lipinski definition) is 1. The van der Waals surface area contributed by atoms with Crippen LogP contribution in [0.1, 0.15) is 24.4 Å². The minimum atomic E-state index is -0.161. The summed E-state index contributed by atoms with van der Waals surface area (Å²) in [5, 5.41) is 0. The molecule has 2 rings (SSSR count). The lowest BCUT2D eigenvalue weighted by molar-refractivity contribution is 0.0165. The summed E-state index contributed by atoms with van der Waals surface area (Å²) in [5.74, 6) is 0.799. The third-order valence-corrected chi connectivity index (χ3v) is 3.40. The maximum absolute atomic E-state index is 6.00. The molecule has 2 N–H and O–H groups in total. The molecule has 0 saturated carbocycles. The molecule has 2 aromatic rings. The van der Waals surface area contributed by atoms with E-state index in [1.165, 1.54) is 0 Å². The Bertz CT molecular complexity index is 482. The van der Waals surface area contributed by atoms with Crippen LogP contribution in [0.25, 0.3) is 0 Å². The fraction of sp³-hybridized carbons (Fsp3) is 0.286. The quantitative estimate of drug-likeness (QED) is 0.917. The van der Waals surface area contributed by atoms with Gasteiger partial charge in [0.15, 0.2) is 0 Å². The molecule has 1 heterocycles. The van der Waals surface area contributed by atoms with Gasteiger partial charge in [-0.05, 0) is 30.7 Å². The molecule has 0 amide bonds. The fourth-order valence-corrected chi connectivity index (χ4v) is 2.31. The van der Waals surface area contributed by atoms with E-state index in [4.69, 9.17) is 14.9 Å². The van der Waals surface area contributed by atoms with Gasteiger partial charge in [0.25, 0.3) is 0 Å². The molecule has 0 aliphatic rings. The lowest BCUT2D eigenvalue weighted by atomic mass is 10.0. The third-order valence-electron chi connectivity index (χ3n) is 2.67. The molecule has 3 nitrogen and oxygen atoms in total. The Morgan fingerprint density at radius 1 is 1.28 bits per heavy atom. The Kier molecular flexibility index (Phi) is 4.58. The van der Waals surface area contributed by atoms with Crippen LogP contribution in [0.15, 0.2) is 51.6 Å². The predicted octanol–water partition coefficient (Wildman–Crippen LogP) is 3.65. The average Bonchev–Trinajstić information content (AvgIpc) is 2.84. The molecular weight excluding hydrogens is 294 g/mol. The Morgan fingerprint density at radius 2 is 2.06 bits per heavy atom. The van der Waals surface area contributed by atoms with E-state index < -0.39 is 0 Å². The van der Waals surface area contributed by atoms with Gasteiger partial charge < -0.3 is 14.9 Å². The average molecular weight is 310 g/mol.